The van der Waals surface area contributed by atoms with Gasteiger partial charge in [-0.3, -0.25) is 10.1 Å². The van der Waals surface area contributed by atoms with Gasteiger partial charge in [0.05, 0.1) is 25.6 Å². The topological polar surface area (TPSA) is 76.2 Å². The Labute approximate surface area is 151 Å². The predicted octanol–water partition coefficient (Wildman–Crippen LogP) is 4.17. The molecule has 0 radical (unpaired) electrons. The van der Waals surface area contributed by atoms with Crippen LogP contribution in [0.1, 0.15) is 10.4 Å². The summed E-state index contributed by atoms with van der Waals surface area (Å²) in [6.45, 7) is 0. The van der Waals surface area contributed by atoms with Crippen LogP contribution >= 0.6 is 27.3 Å². The largest absolute Gasteiger partial charge is 0.495 e. The molecule has 0 saturated heterocycles. The first-order valence-electron chi connectivity index (χ1n) is 6.94. The zero-order valence-electron chi connectivity index (χ0n) is 12.9. The molecule has 3 aromatic rings. The van der Waals surface area contributed by atoms with Crippen molar-refractivity contribution in [2.75, 3.05) is 19.5 Å². The molecule has 0 atom stereocenters. The molecule has 0 aliphatic rings. The Balaban J connectivity index is 1.82. The van der Waals surface area contributed by atoms with Crippen LogP contribution in [0, 0.1) is 0 Å². The molecule has 124 valence electrons. The normalized spacial score (nSPS) is 10.5. The number of nitrogens with zero attached hydrogens (tertiary/aromatic N) is 1. The minimum Gasteiger partial charge on any atom is -0.495 e. The maximum Gasteiger partial charge on any atom is 0.257 e. The van der Waals surface area contributed by atoms with Crippen LogP contribution in [0.5, 0.6) is 11.5 Å². The van der Waals surface area contributed by atoms with Gasteiger partial charge in [-0.15, -0.1) is 11.3 Å². The van der Waals surface area contributed by atoms with E-state index in [0.717, 1.165) is 11.4 Å². The fourth-order valence-electron chi connectivity index (χ4n) is 2.11. The summed E-state index contributed by atoms with van der Waals surface area (Å²) in [5.41, 5.74) is 2.11. The Morgan fingerprint density at radius 2 is 2.00 bits per heavy atom. The first-order valence-corrected chi connectivity index (χ1v) is 8.61. The number of aromatic nitrogens is 2. The van der Waals surface area contributed by atoms with Gasteiger partial charge in [-0.25, -0.2) is 4.98 Å². The quantitative estimate of drug-likeness (QED) is 0.665. The molecule has 3 rings (SSSR count). The molecule has 8 heteroatoms. The van der Waals surface area contributed by atoms with E-state index in [9.17, 15) is 4.79 Å². The molecule has 0 aliphatic heterocycles. The SMILES string of the molecule is COc1cc(C(=O)Nc2nc(-c3ccc[nH]3)cs2)cc(OC)c1Br. The van der Waals surface area contributed by atoms with Crippen LogP contribution in [0.15, 0.2) is 40.3 Å². The lowest BCUT2D eigenvalue weighted by Crippen LogP contribution is -2.12. The van der Waals surface area contributed by atoms with Gasteiger partial charge < -0.3 is 14.5 Å². The molecular weight excluding hydrogens is 394 g/mol. The summed E-state index contributed by atoms with van der Waals surface area (Å²) in [5, 5.41) is 5.19. The van der Waals surface area contributed by atoms with Gasteiger partial charge >= 0.3 is 0 Å². The van der Waals surface area contributed by atoms with E-state index in [4.69, 9.17) is 9.47 Å². The third-order valence-electron chi connectivity index (χ3n) is 3.31. The highest BCUT2D eigenvalue weighted by atomic mass is 79.9. The molecule has 0 aliphatic carbocycles. The number of methoxy groups -OCH3 is 2. The van der Waals surface area contributed by atoms with E-state index in [1.165, 1.54) is 25.6 Å². The summed E-state index contributed by atoms with van der Waals surface area (Å²) in [4.78, 5) is 20.0. The first kappa shape index (κ1) is 16.5. The maximum atomic E-state index is 12.5. The van der Waals surface area contributed by atoms with Crippen LogP contribution in [0.25, 0.3) is 11.4 Å². The number of hydrogen-bond donors (Lipinski definition) is 2. The number of halogens is 1. The highest BCUT2D eigenvalue weighted by molar-refractivity contribution is 9.10. The first-order chi connectivity index (χ1) is 11.6. The number of anilines is 1. The van der Waals surface area contributed by atoms with Crippen LogP contribution in [0.2, 0.25) is 0 Å². The summed E-state index contributed by atoms with van der Waals surface area (Å²) in [6, 6.07) is 7.10. The number of H-pyrrole nitrogens is 1. The average molecular weight is 408 g/mol. The minimum absolute atomic E-state index is 0.286. The Bertz CT molecular complexity index is 836. The molecule has 24 heavy (non-hydrogen) atoms. The second-order valence-corrected chi connectivity index (χ2v) is 6.42. The van der Waals surface area contributed by atoms with Crippen LogP contribution in [-0.2, 0) is 0 Å². The van der Waals surface area contributed by atoms with Gasteiger partial charge in [-0.2, -0.15) is 0 Å². The van der Waals surface area contributed by atoms with Crippen LogP contribution in [-0.4, -0.2) is 30.1 Å². The molecule has 6 nitrogen and oxygen atoms in total. The molecule has 1 amide bonds. The lowest BCUT2D eigenvalue weighted by Gasteiger charge is -2.11. The van der Waals surface area contributed by atoms with Crippen molar-refractivity contribution in [2.24, 2.45) is 0 Å². The van der Waals surface area contributed by atoms with Crippen molar-refractivity contribution >= 4 is 38.3 Å². The van der Waals surface area contributed by atoms with Crippen LogP contribution in [0.4, 0.5) is 5.13 Å². The van der Waals surface area contributed by atoms with Crippen molar-refractivity contribution in [3.8, 4) is 22.9 Å². The number of thiazole rings is 1. The number of ether oxygens (including phenoxy) is 2. The van der Waals surface area contributed by atoms with Gasteiger partial charge in [-0.1, -0.05) is 0 Å². The second-order valence-electron chi connectivity index (χ2n) is 4.77. The van der Waals surface area contributed by atoms with Gasteiger partial charge in [0.1, 0.15) is 16.0 Å². The zero-order chi connectivity index (χ0) is 17.1. The number of amides is 1. The summed E-state index contributed by atoms with van der Waals surface area (Å²) in [7, 11) is 3.06. The number of hydrogen-bond acceptors (Lipinski definition) is 5. The molecule has 2 aromatic heterocycles. The Kier molecular flexibility index (Phi) is 4.86. The van der Waals surface area contributed by atoms with Crippen molar-refractivity contribution in [3.05, 3.63) is 45.9 Å². The smallest absolute Gasteiger partial charge is 0.257 e. The third kappa shape index (κ3) is 3.29. The van der Waals surface area contributed by atoms with Gasteiger partial charge in [0, 0.05) is 17.1 Å². The third-order valence-corrected chi connectivity index (χ3v) is 4.85. The van der Waals surface area contributed by atoms with Gasteiger partial charge in [0.15, 0.2) is 5.13 Å². The monoisotopic (exact) mass is 407 g/mol. The van der Waals surface area contributed by atoms with E-state index in [0.29, 0.717) is 26.7 Å². The van der Waals surface area contributed by atoms with E-state index < -0.39 is 0 Å². The number of rotatable bonds is 5. The molecule has 0 saturated carbocycles. The van der Waals surface area contributed by atoms with Crippen molar-refractivity contribution in [2.45, 2.75) is 0 Å². The Morgan fingerprint density at radius 3 is 2.58 bits per heavy atom. The number of carbonyl (C=O) groups is 1. The molecule has 0 spiro atoms. The predicted molar refractivity (Wildman–Crippen MR) is 97.1 cm³/mol. The highest BCUT2D eigenvalue weighted by Gasteiger charge is 2.16. The molecule has 0 unspecified atom stereocenters. The van der Waals surface area contributed by atoms with E-state index in [1.54, 1.807) is 12.1 Å². The highest BCUT2D eigenvalue weighted by Crippen LogP contribution is 2.36. The lowest BCUT2D eigenvalue weighted by molar-refractivity contribution is 0.102. The zero-order valence-corrected chi connectivity index (χ0v) is 15.3. The second kappa shape index (κ2) is 7.06. The van der Waals surface area contributed by atoms with Crippen molar-refractivity contribution in [1.29, 1.82) is 0 Å². The molecular formula is C16H14BrN3O3S. The Hall–Kier alpha value is -2.32. The van der Waals surface area contributed by atoms with Gasteiger partial charge in [0.25, 0.3) is 5.91 Å². The average Bonchev–Trinajstić information content (AvgIpc) is 3.26. The lowest BCUT2D eigenvalue weighted by atomic mass is 10.2. The summed E-state index contributed by atoms with van der Waals surface area (Å²) >= 11 is 4.74. The van der Waals surface area contributed by atoms with Gasteiger partial charge in [-0.05, 0) is 40.2 Å². The summed E-state index contributed by atoms with van der Waals surface area (Å²) < 4.78 is 11.2. The van der Waals surface area contributed by atoms with E-state index in [-0.39, 0.29) is 5.91 Å². The fraction of sp³-hybridized carbons (Fsp3) is 0.125. The summed E-state index contributed by atoms with van der Waals surface area (Å²) in [5.74, 6) is 0.753. The van der Waals surface area contributed by atoms with Crippen LogP contribution in [0.3, 0.4) is 0 Å². The van der Waals surface area contributed by atoms with E-state index in [1.807, 2.05) is 23.7 Å². The van der Waals surface area contributed by atoms with Crippen LogP contribution < -0.4 is 14.8 Å². The fourth-order valence-corrected chi connectivity index (χ4v) is 3.37. The molecule has 2 heterocycles. The Morgan fingerprint density at radius 1 is 1.29 bits per heavy atom. The standard InChI is InChI=1S/C16H14BrN3O3S/c1-22-12-6-9(7-13(23-2)14(12)17)15(21)20-16-19-11(8-24-16)10-4-3-5-18-10/h3-8,18H,1-2H3,(H,19,20,21). The maximum absolute atomic E-state index is 12.5. The van der Waals surface area contributed by atoms with Gasteiger partial charge in [0.2, 0.25) is 0 Å². The number of carbonyl (C=O) groups excluding carboxylic acids is 1. The van der Waals surface area contributed by atoms with Crippen molar-refractivity contribution in [3.63, 3.8) is 0 Å². The molecule has 2 N–H and O–H groups in total. The summed E-state index contributed by atoms with van der Waals surface area (Å²) in [6.07, 6.45) is 1.83. The molecule has 0 fully saturated rings. The van der Waals surface area contributed by atoms with E-state index in [2.05, 4.69) is 31.2 Å². The van der Waals surface area contributed by atoms with E-state index >= 15 is 0 Å². The molecule has 0 bridgehead atoms. The van der Waals surface area contributed by atoms with Crippen molar-refractivity contribution in [1.82, 2.24) is 9.97 Å². The number of benzene rings is 1. The van der Waals surface area contributed by atoms with Crippen molar-refractivity contribution < 1.29 is 14.3 Å². The number of aromatic amines is 1. The minimum atomic E-state index is -0.286. The number of nitrogens with one attached hydrogen (secondary N) is 2. The molecule has 1 aromatic carbocycles.